The Balaban J connectivity index is 1.72. The van der Waals surface area contributed by atoms with Crippen LogP contribution in [0.3, 0.4) is 0 Å². The highest BCUT2D eigenvalue weighted by Gasteiger charge is 2.47. The van der Waals surface area contributed by atoms with Crippen molar-refractivity contribution >= 4 is 11.6 Å². The van der Waals surface area contributed by atoms with Gasteiger partial charge in [-0.1, -0.05) is 60.7 Å². The van der Waals surface area contributed by atoms with Crippen molar-refractivity contribution in [3.63, 3.8) is 0 Å². The lowest BCUT2D eigenvalue weighted by Gasteiger charge is -2.01. The van der Waals surface area contributed by atoms with Crippen LogP contribution in [0, 0.1) is 11.8 Å². The summed E-state index contributed by atoms with van der Waals surface area (Å²) in [6.45, 7) is 0. The number of benzene rings is 2. The van der Waals surface area contributed by atoms with Crippen molar-refractivity contribution < 1.29 is 9.59 Å². The van der Waals surface area contributed by atoms with Gasteiger partial charge in [0, 0.05) is 23.0 Å². The maximum Gasteiger partial charge on any atom is 0.166 e. The fourth-order valence-corrected chi connectivity index (χ4v) is 2.41. The number of Topliss-reactive ketones (excluding diaryl/α,β-unsaturated/α-hetero) is 2. The number of hydrogen-bond donors (Lipinski definition) is 0. The third kappa shape index (κ3) is 2.34. The number of hydrogen-bond acceptors (Lipinski definition) is 2. The van der Waals surface area contributed by atoms with Gasteiger partial charge in [0.25, 0.3) is 0 Å². The van der Waals surface area contributed by atoms with E-state index in [1.807, 2.05) is 60.7 Å². The topological polar surface area (TPSA) is 34.1 Å². The third-order valence-electron chi connectivity index (χ3n) is 3.58. The number of ketones is 2. The van der Waals surface area contributed by atoms with Crippen molar-refractivity contribution in [1.82, 2.24) is 0 Å². The molecule has 2 atom stereocenters. The van der Waals surface area contributed by atoms with E-state index in [1.165, 1.54) is 0 Å². The molecule has 0 spiro atoms. The molecule has 0 bridgehead atoms. The average Bonchev–Trinajstić information content (AvgIpc) is 3.28. The lowest BCUT2D eigenvalue weighted by Crippen LogP contribution is -2.09. The zero-order valence-electron chi connectivity index (χ0n) is 10.5. The molecule has 1 aliphatic carbocycles. The Kier molecular flexibility index (Phi) is 3.00. The summed E-state index contributed by atoms with van der Waals surface area (Å²) in [5.74, 6) is -0.0741. The fraction of sp³-hybridized carbons (Fsp3) is 0.176. The van der Waals surface area contributed by atoms with Gasteiger partial charge in [0.05, 0.1) is 0 Å². The van der Waals surface area contributed by atoms with Crippen molar-refractivity contribution in [2.24, 2.45) is 11.8 Å². The monoisotopic (exact) mass is 250 g/mol. The van der Waals surface area contributed by atoms with Crippen molar-refractivity contribution in [1.29, 1.82) is 0 Å². The first-order chi connectivity index (χ1) is 9.27. The summed E-state index contributed by atoms with van der Waals surface area (Å²) in [6.07, 6.45) is 0.682. The Morgan fingerprint density at radius 1 is 0.684 bits per heavy atom. The molecule has 2 aromatic carbocycles. The van der Waals surface area contributed by atoms with Crippen LogP contribution in [-0.4, -0.2) is 11.6 Å². The normalized spacial score (nSPS) is 20.8. The average molecular weight is 250 g/mol. The molecule has 94 valence electrons. The molecule has 0 heterocycles. The minimum absolute atomic E-state index is 0.0925. The SMILES string of the molecule is O=C(c1ccccc1)[C@H]1C[C@H]1C(=O)c1ccccc1. The second-order valence-corrected chi connectivity index (χ2v) is 4.91. The quantitative estimate of drug-likeness (QED) is 0.779. The smallest absolute Gasteiger partial charge is 0.166 e. The van der Waals surface area contributed by atoms with E-state index < -0.39 is 0 Å². The van der Waals surface area contributed by atoms with Gasteiger partial charge in [0.1, 0.15) is 0 Å². The Bertz CT molecular complexity index is 546. The summed E-state index contributed by atoms with van der Waals surface area (Å²) in [4.78, 5) is 24.4. The van der Waals surface area contributed by atoms with E-state index in [9.17, 15) is 9.59 Å². The highest BCUT2D eigenvalue weighted by atomic mass is 16.1. The lowest BCUT2D eigenvalue weighted by molar-refractivity contribution is 0.0906. The highest BCUT2D eigenvalue weighted by Crippen LogP contribution is 2.43. The molecule has 2 aromatic rings. The molecule has 1 saturated carbocycles. The van der Waals surface area contributed by atoms with Crippen molar-refractivity contribution in [3.05, 3.63) is 71.8 Å². The number of rotatable bonds is 4. The van der Waals surface area contributed by atoms with Gasteiger partial charge in [-0.3, -0.25) is 9.59 Å². The molecule has 1 aliphatic rings. The molecule has 3 rings (SSSR count). The molecular weight excluding hydrogens is 236 g/mol. The molecule has 0 amide bonds. The molecule has 0 N–H and O–H groups in total. The standard InChI is InChI=1S/C17H14O2/c18-16(12-7-3-1-4-8-12)14-11-15(14)17(19)13-9-5-2-6-10-13/h1-10,14-15H,11H2/t14-,15+. The van der Waals surface area contributed by atoms with E-state index in [0.29, 0.717) is 17.5 Å². The van der Waals surface area contributed by atoms with E-state index in [4.69, 9.17) is 0 Å². The Labute approximate surface area is 112 Å². The van der Waals surface area contributed by atoms with Gasteiger partial charge in [-0.05, 0) is 6.42 Å². The Morgan fingerprint density at radius 2 is 1.05 bits per heavy atom. The summed E-state index contributed by atoms with van der Waals surface area (Å²) in [7, 11) is 0. The van der Waals surface area contributed by atoms with Crippen molar-refractivity contribution in [2.45, 2.75) is 6.42 Å². The van der Waals surface area contributed by atoms with Crippen LogP contribution in [0.25, 0.3) is 0 Å². The summed E-state index contributed by atoms with van der Waals surface area (Å²) < 4.78 is 0. The zero-order chi connectivity index (χ0) is 13.2. The Morgan fingerprint density at radius 3 is 1.42 bits per heavy atom. The molecular formula is C17H14O2. The maximum absolute atomic E-state index is 12.2. The van der Waals surface area contributed by atoms with Crippen LogP contribution in [0.4, 0.5) is 0 Å². The highest BCUT2D eigenvalue weighted by molar-refractivity contribution is 6.08. The molecule has 0 aromatic heterocycles. The van der Waals surface area contributed by atoms with Crippen molar-refractivity contribution in [3.8, 4) is 0 Å². The lowest BCUT2D eigenvalue weighted by atomic mass is 10.0. The molecule has 0 unspecified atom stereocenters. The number of carbonyl (C=O) groups excluding carboxylic acids is 2. The van der Waals surface area contributed by atoms with E-state index in [1.54, 1.807) is 0 Å². The number of carbonyl (C=O) groups is 2. The maximum atomic E-state index is 12.2. The first-order valence-corrected chi connectivity index (χ1v) is 6.46. The van der Waals surface area contributed by atoms with Gasteiger partial charge in [-0.25, -0.2) is 0 Å². The minimum Gasteiger partial charge on any atom is -0.294 e. The van der Waals surface area contributed by atoms with Crippen LogP contribution in [0.2, 0.25) is 0 Å². The Hall–Kier alpha value is -2.22. The van der Waals surface area contributed by atoms with Crippen LogP contribution < -0.4 is 0 Å². The molecule has 2 nitrogen and oxygen atoms in total. The third-order valence-corrected chi connectivity index (χ3v) is 3.58. The van der Waals surface area contributed by atoms with Crippen LogP contribution in [0.15, 0.2) is 60.7 Å². The molecule has 2 heteroatoms. The summed E-state index contributed by atoms with van der Waals surface area (Å²) in [5, 5.41) is 0. The largest absolute Gasteiger partial charge is 0.294 e. The molecule has 0 saturated heterocycles. The van der Waals surface area contributed by atoms with Crippen LogP contribution >= 0.6 is 0 Å². The second-order valence-electron chi connectivity index (χ2n) is 4.91. The molecule has 19 heavy (non-hydrogen) atoms. The van der Waals surface area contributed by atoms with Gasteiger partial charge in [0.2, 0.25) is 0 Å². The van der Waals surface area contributed by atoms with Gasteiger partial charge < -0.3 is 0 Å². The fourth-order valence-electron chi connectivity index (χ4n) is 2.41. The van der Waals surface area contributed by atoms with E-state index in [-0.39, 0.29) is 23.4 Å². The van der Waals surface area contributed by atoms with Crippen LogP contribution in [0.5, 0.6) is 0 Å². The predicted molar refractivity (Wildman–Crippen MR) is 73.1 cm³/mol. The first kappa shape index (κ1) is 11.8. The van der Waals surface area contributed by atoms with Gasteiger partial charge in [-0.2, -0.15) is 0 Å². The summed E-state index contributed by atoms with van der Waals surface area (Å²) in [5.41, 5.74) is 1.41. The molecule has 1 fully saturated rings. The summed E-state index contributed by atoms with van der Waals surface area (Å²) in [6, 6.07) is 18.4. The van der Waals surface area contributed by atoms with E-state index in [2.05, 4.69) is 0 Å². The van der Waals surface area contributed by atoms with Gasteiger partial charge in [0.15, 0.2) is 11.6 Å². The molecule has 0 aliphatic heterocycles. The van der Waals surface area contributed by atoms with E-state index >= 15 is 0 Å². The second kappa shape index (κ2) is 4.81. The minimum atomic E-state index is -0.130. The first-order valence-electron chi connectivity index (χ1n) is 6.46. The molecule has 0 radical (unpaired) electrons. The van der Waals surface area contributed by atoms with Crippen LogP contribution in [-0.2, 0) is 0 Å². The zero-order valence-corrected chi connectivity index (χ0v) is 10.5. The van der Waals surface area contributed by atoms with Gasteiger partial charge >= 0.3 is 0 Å². The van der Waals surface area contributed by atoms with E-state index in [0.717, 1.165) is 0 Å². The predicted octanol–water partition coefficient (Wildman–Crippen LogP) is 3.39. The summed E-state index contributed by atoms with van der Waals surface area (Å²) >= 11 is 0. The van der Waals surface area contributed by atoms with Crippen molar-refractivity contribution in [2.75, 3.05) is 0 Å². The van der Waals surface area contributed by atoms with Gasteiger partial charge in [-0.15, -0.1) is 0 Å². The van der Waals surface area contributed by atoms with Crippen LogP contribution in [0.1, 0.15) is 27.1 Å².